The first-order chi connectivity index (χ1) is 15.5. The molecule has 186 valence electrons. The fourth-order valence-electron chi connectivity index (χ4n) is 9.86. The third kappa shape index (κ3) is 3.32. The zero-order chi connectivity index (χ0) is 23.9. The molecule has 4 heteroatoms. The van der Waals surface area contributed by atoms with Crippen LogP contribution in [0.15, 0.2) is 0 Å². The Bertz CT molecular complexity index is 807. The van der Waals surface area contributed by atoms with Gasteiger partial charge >= 0.3 is 0 Å². The molecule has 4 saturated carbocycles. The molecule has 1 saturated heterocycles. The Labute approximate surface area is 202 Å². The van der Waals surface area contributed by atoms with Crippen LogP contribution in [-0.4, -0.2) is 54.2 Å². The maximum absolute atomic E-state index is 13.8. The highest BCUT2D eigenvalue weighted by molar-refractivity contribution is 5.95. The van der Waals surface area contributed by atoms with E-state index in [1.165, 1.54) is 32.1 Å². The van der Waals surface area contributed by atoms with Crippen molar-refractivity contribution in [2.24, 2.45) is 52.3 Å². The van der Waals surface area contributed by atoms with E-state index in [2.05, 4.69) is 53.6 Å². The van der Waals surface area contributed by atoms with Gasteiger partial charge in [0.25, 0.3) is 0 Å². The predicted molar refractivity (Wildman–Crippen MR) is 133 cm³/mol. The van der Waals surface area contributed by atoms with Gasteiger partial charge in [0.1, 0.15) is 0 Å². The molecule has 0 radical (unpaired) electrons. The maximum atomic E-state index is 13.8. The van der Waals surface area contributed by atoms with Gasteiger partial charge in [-0.2, -0.15) is 0 Å². The lowest BCUT2D eigenvalue weighted by molar-refractivity contribution is -0.171. The summed E-state index contributed by atoms with van der Waals surface area (Å²) in [6.07, 6.45) is 9.72. The molecule has 4 aliphatic carbocycles. The molecule has 1 heterocycles. The number of carbonyl (C=O) groups is 2. The normalized spacial score (nSPS) is 48.4. The number of ketones is 1. The van der Waals surface area contributed by atoms with Crippen LogP contribution in [0.25, 0.3) is 0 Å². The van der Waals surface area contributed by atoms with Gasteiger partial charge in [-0.05, 0) is 113 Å². The first kappa shape index (κ1) is 23.8. The van der Waals surface area contributed by atoms with Gasteiger partial charge in [0.15, 0.2) is 5.78 Å². The van der Waals surface area contributed by atoms with Gasteiger partial charge in [-0.15, -0.1) is 0 Å². The Kier molecular flexibility index (Phi) is 5.82. The van der Waals surface area contributed by atoms with Crippen LogP contribution in [0.4, 0.5) is 0 Å². The number of amides is 1. The van der Waals surface area contributed by atoms with E-state index in [0.29, 0.717) is 29.1 Å². The first-order valence-electron chi connectivity index (χ1n) is 14.0. The summed E-state index contributed by atoms with van der Waals surface area (Å²) in [5, 5.41) is 0. The topological polar surface area (TPSA) is 40.6 Å². The highest BCUT2D eigenvalue weighted by Gasteiger charge is 2.63. The van der Waals surface area contributed by atoms with Gasteiger partial charge in [0, 0.05) is 18.5 Å². The van der Waals surface area contributed by atoms with Crippen molar-refractivity contribution in [3.05, 3.63) is 0 Å². The predicted octanol–water partition coefficient (Wildman–Crippen LogP) is 5.26. The molecule has 0 aromatic carbocycles. The Morgan fingerprint density at radius 3 is 2.18 bits per heavy atom. The minimum atomic E-state index is -0.132. The Hall–Kier alpha value is -0.900. The van der Waals surface area contributed by atoms with Crippen molar-refractivity contribution in [3.8, 4) is 0 Å². The number of β-lactam (4-membered cyclic amide) rings is 1. The quantitative estimate of drug-likeness (QED) is 0.542. The number of likely N-dealkylation sites (tertiary alicyclic amines) is 1. The molecule has 33 heavy (non-hydrogen) atoms. The smallest absolute Gasteiger partial charge is 0.228 e. The average molecular weight is 457 g/mol. The summed E-state index contributed by atoms with van der Waals surface area (Å²) in [6, 6.07) is 0.511. The van der Waals surface area contributed by atoms with Crippen molar-refractivity contribution < 1.29 is 9.59 Å². The van der Waals surface area contributed by atoms with Crippen LogP contribution < -0.4 is 0 Å². The third-order valence-corrected chi connectivity index (χ3v) is 12.1. The van der Waals surface area contributed by atoms with Crippen LogP contribution in [-0.2, 0) is 9.59 Å². The fourth-order valence-corrected chi connectivity index (χ4v) is 9.86. The second-order valence-electron chi connectivity index (χ2n) is 13.7. The van der Waals surface area contributed by atoms with E-state index >= 15 is 0 Å². The molecular formula is C29H48N2O2. The van der Waals surface area contributed by atoms with E-state index in [4.69, 9.17) is 0 Å². The van der Waals surface area contributed by atoms with Crippen LogP contribution in [0, 0.1) is 52.3 Å². The van der Waals surface area contributed by atoms with Crippen LogP contribution in [0.3, 0.4) is 0 Å². The van der Waals surface area contributed by atoms with E-state index in [0.717, 1.165) is 43.6 Å². The van der Waals surface area contributed by atoms with E-state index in [-0.39, 0.29) is 29.2 Å². The van der Waals surface area contributed by atoms with Gasteiger partial charge < -0.3 is 9.80 Å². The Morgan fingerprint density at radius 1 is 0.879 bits per heavy atom. The van der Waals surface area contributed by atoms with Crippen LogP contribution in [0.1, 0.15) is 86.0 Å². The summed E-state index contributed by atoms with van der Waals surface area (Å²) in [5.41, 5.74) is 0.611. The van der Waals surface area contributed by atoms with Crippen LogP contribution in [0.5, 0.6) is 0 Å². The Morgan fingerprint density at radius 2 is 1.55 bits per heavy atom. The van der Waals surface area contributed by atoms with Gasteiger partial charge in [0.2, 0.25) is 5.91 Å². The zero-order valence-corrected chi connectivity index (χ0v) is 22.3. The summed E-state index contributed by atoms with van der Waals surface area (Å²) >= 11 is 0. The molecule has 0 bridgehead atoms. The second kappa shape index (κ2) is 8.07. The molecule has 10 atom stereocenters. The number of carbonyl (C=O) groups excluding carboxylic acids is 2. The highest BCUT2D eigenvalue weighted by atomic mass is 16.2. The first-order valence-corrected chi connectivity index (χ1v) is 14.0. The number of Topliss-reactive ketones (excluding diaryl/α,β-unsaturated/α-hetero) is 1. The van der Waals surface area contributed by atoms with Crippen LogP contribution >= 0.6 is 0 Å². The van der Waals surface area contributed by atoms with Crippen molar-refractivity contribution in [1.82, 2.24) is 9.80 Å². The minimum Gasteiger partial charge on any atom is -0.332 e. The Balaban J connectivity index is 1.33. The summed E-state index contributed by atoms with van der Waals surface area (Å²) in [6.45, 7) is 12.6. The van der Waals surface area contributed by atoms with E-state index in [9.17, 15) is 9.59 Å². The number of nitrogens with zero attached hydrogens (tertiary/aromatic N) is 2. The molecule has 0 spiro atoms. The molecule has 0 aromatic rings. The summed E-state index contributed by atoms with van der Waals surface area (Å²) in [7, 11) is 4.49. The number of rotatable bonds is 4. The molecule has 4 nitrogen and oxygen atoms in total. The van der Waals surface area contributed by atoms with Gasteiger partial charge in [-0.25, -0.2) is 0 Å². The summed E-state index contributed by atoms with van der Waals surface area (Å²) in [4.78, 5) is 31.0. The zero-order valence-electron chi connectivity index (χ0n) is 22.3. The summed E-state index contributed by atoms with van der Waals surface area (Å²) < 4.78 is 0. The molecule has 0 unspecified atom stereocenters. The fraction of sp³-hybridized carbons (Fsp3) is 0.931. The largest absolute Gasteiger partial charge is 0.332 e. The molecule has 0 N–H and O–H groups in total. The molecule has 1 amide bonds. The van der Waals surface area contributed by atoms with Crippen molar-refractivity contribution >= 4 is 11.7 Å². The maximum Gasteiger partial charge on any atom is 0.228 e. The second-order valence-corrected chi connectivity index (χ2v) is 13.7. The molecule has 5 aliphatic rings. The van der Waals surface area contributed by atoms with Crippen molar-refractivity contribution in [1.29, 1.82) is 0 Å². The lowest BCUT2D eigenvalue weighted by atomic mass is 9.44. The SMILES string of the molecule is CC(C)[C@@H]1CN([C@H]2CC[C@@]3(C)[C@@H]4CC[C@@]5(C)[C@H](CC[C@@H]5[C@H](C)N(C)C)[C@@H]4CC[C@H]3C2=O)C1=O. The number of hydrogen-bond acceptors (Lipinski definition) is 3. The lowest BCUT2D eigenvalue weighted by Crippen LogP contribution is -2.65. The van der Waals surface area contributed by atoms with Crippen molar-refractivity contribution in [2.45, 2.75) is 98.1 Å². The van der Waals surface area contributed by atoms with Gasteiger partial charge in [-0.1, -0.05) is 27.7 Å². The lowest BCUT2D eigenvalue weighted by Gasteiger charge is -2.61. The van der Waals surface area contributed by atoms with E-state index < -0.39 is 0 Å². The molecule has 0 aromatic heterocycles. The monoisotopic (exact) mass is 456 g/mol. The highest BCUT2D eigenvalue weighted by Crippen LogP contribution is 2.67. The molecule has 5 fully saturated rings. The molecular weight excluding hydrogens is 408 g/mol. The standard InChI is InChI=1S/C29H48N2O2/c1-17(2)20-16-31(27(20)33)25-13-15-29(5)23-12-14-28(4)21(18(3)30(6)7)10-11-22(28)19(23)8-9-24(29)26(25)32/h17-25H,8-16H2,1-7H3/t18-,19-,20-,21+,22+,23+,24-,25-,28+,29-/m0/s1. The molecule has 1 aliphatic heterocycles. The van der Waals surface area contributed by atoms with E-state index in [1.54, 1.807) is 0 Å². The van der Waals surface area contributed by atoms with Gasteiger partial charge in [-0.3, -0.25) is 9.59 Å². The van der Waals surface area contributed by atoms with E-state index in [1.807, 2.05) is 4.90 Å². The summed E-state index contributed by atoms with van der Waals surface area (Å²) in [5.74, 6) is 4.47. The van der Waals surface area contributed by atoms with Crippen LogP contribution in [0.2, 0.25) is 0 Å². The third-order valence-electron chi connectivity index (χ3n) is 12.1. The van der Waals surface area contributed by atoms with Gasteiger partial charge in [0.05, 0.1) is 12.0 Å². The minimum absolute atomic E-state index is 0.132. The average Bonchev–Trinajstić information content (AvgIpc) is 3.10. The number of fused-ring (bicyclic) bond motifs is 5. The molecule has 5 rings (SSSR count). The van der Waals surface area contributed by atoms with Crippen molar-refractivity contribution in [2.75, 3.05) is 20.6 Å². The number of hydrogen-bond donors (Lipinski definition) is 0. The van der Waals surface area contributed by atoms with Crippen molar-refractivity contribution in [3.63, 3.8) is 0 Å².